The normalized spacial score (nSPS) is 8.00. The van der Waals surface area contributed by atoms with Crippen molar-refractivity contribution < 1.29 is 15.0 Å². The van der Waals surface area contributed by atoms with Gasteiger partial charge in [0.1, 0.15) is 0 Å². The Morgan fingerprint density at radius 2 is 1.18 bits per heavy atom. The van der Waals surface area contributed by atoms with Gasteiger partial charge in [0.2, 0.25) is 0 Å². The van der Waals surface area contributed by atoms with Crippen molar-refractivity contribution in [3.63, 3.8) is 0 Å². The molecule has 0 radical (unpaired) electrons. The van der Waals surface area contributed by atoms with Crippen LogP contribution in [0, 0.1) is 26.0 Å². The molecule has 0 unspecified atom stereocenters. The van der Waals surface area contributed by atoms with E-state index in [-0.39, 0.29) is 15.0 Å². The van der Waals surface area contributed by atoms with Crippen LogP contribution in [0.3, 0.4) is 0 Å². The SMILES string of the molecule is Cc1[c-]cccc1.Cc1[c-]cccc1.[Br][Ti][Br]. The van der Waals surface area contributed by atoms with Gasteiger partial charge in [-0.25, -0.2) is 0 Å². The fourth-order valence-corrected chi connectivity index (χ4v) is 0.966. The molecule has 0 atom stereocenters. The van der Waals surface area contributed by atoms with Crippen molar-refractivity contribution in [3.8, 4) is 0 Å². The van der Waals surface area contributed by atoms with Gasteiger partial charge in [-0.3, -0.25) is 0 Å². The van der Waals surface area contributed by atoms with Crippen molar-refractivity contribution in [3.05, 3.63) is 71.8 Å². The van der Waals surface area contributed by atoms with Crippen LogP contribution in [-0.2, 0) is 15.0 Å². The first-order valence-corrected chi connectivity index (χ1v) is 12.8. The van der Waals surface area contributed by atoms with Gasteiger partial charge in [0.25, 0.3) is 0 Å². The molecule has 0 heterocycles. The van der Waals surface area contributed by atoms with Crippen LogP contribution in [-0.4, -0.2) is 0 Å². The van der Waals surface area contributed by atoms with Gasteiger partial charge in [0.15, 0.2) is 0 Å². The first kappa shape index (κ1) is 17.1. The van der Waals surface area contributed by atoms with Gasteiger partial charge in [-0.15, -0.1) is 0 Å². The Hall–Kier alpha value is 0.114. The third-order valence-electron chi connectivity index (χ3n) is 1.73. The molecule has 0 spiro atoms. The van der Waals surface area contributed by atoms with E-state index in [1.807, 2.05) is 62.4 Å². The van der Waals surface area contributed by atoms with Crippen LogP contribution in [0.15, 0.2) is 48.5 Å². The van der Waals surface area contributed by atoms with E-state index in [0.29, 0.717) is 0 Å². The quantitative estimate of drug-likeness (QED) is 0.425. The van der Waals surface area contributed by atoms with Crippen molar-refractivity contribution in [2.45, 2.75) is 13.8 Å². The molecular weight excluding hydrogens is 376 g/mol. The molecule has 0 saturated heterocycles. The fourth-order valence-electron chi connectivity index (χ4n) is 0.966. The predicted octanol–water partition coefficient (Wildman–Crippen LogP) is 5.28. The summed E-state index contributed by atoms with van der Waals surface area (Å²) in [5, 5.41) is 0. The van der Waals surface area contributed by atoms with Gasteiger partial charge in [0, 0.05) is 0 Å². The van der Waals surface area contributed by atoms with Crippen molar-refractivity contribution in [1.82, 2.24) is 0 Å². The summed E-state index contributed by atoms with van der Waals surface area (Å²) in [7, 11) is 0. The van der Waals surface area contributed by atoms with Crippen LogP contribution in [0.5, 0.6) is 0 Å². The molecule has 2 aromatic rings. The fraction of sp³-hybridized carbons (Fsp3) is 0.143. The summed E-state index contributed by atoms with van der Waals surface area (Å²) in [4.78, 5) is 0. The molecule has 0 fully saturated rings. The second-order valence-corrected chi connectivity index (χ2v) is 11.0. The number of rotatable bonds is 0. The summed E-state index contributed by atoms with van der Waals surface area (Å²) >= 11 is 6.50. The van der Waals surface area contributed by atoms with Crippen LogP contribution < -0.4 is 0 Å². The van der Waals surface area contributed by atoms with E-state index in [1.54, 1.807) is 0 Å². The Bertz CT molecular complexity index is 325. The van der Waals surface area contributed by atoms with Crippen molar-refractivity contribution in [2.75, 3.05) is 0 Å². The second kappa shape index (κ2) is 12.6. The second-order valence-electron chi connectivity index (χ2n) is 3.16. The van der Waals surface area contributed by atoms with E-state index in [9.17, 15) is 0 Å². The number of aryl methyl sites for hydroxylation is 2. The molecule has 0 amide bonds. The number of benzene rings is 2. The Kier molecular flexibility index (Phi) is 12.7. The average molecular weight is 390 g/mol. The van der Waals surface area contributed by atoms with Gasteiger partial charge in [-0.1, -0.05) is 13.8 Å². The van der Waals surface area contributed by atoms with E-state index in [0.717, 1.165) is 0 Å². The zero-order chi connectivity index (χ0) is 12.9. The molecule has 0 bridgehead atoms. The molecule has 0 nitrogen and oxygen atoms in total. The predicted molar refractivity (Wildman–Crippen MR) is 77.9 cm³/mol. The molecule has 0 N–H and O–H groups in total. The summed E-state index contributed by atoms with van der Waals surface area (Å²) in [6, 6.07) is 21.9. The molecule has 0 aliphatic rings. The van der Waals surface area contributed by atoms with Gasteiger partial charge in [-0.05, 0) is 0 Å². The zero-order valence-corrected chi connectivity index (χ0v) is 14.6. The first-order valence-electron chi connectivity index (χ1n) is 5.03. The van der Waals surface area contributed by atoms with Crippen molar-refractivity contribution in [1.29, 1.82) is 0 Å². The molecule has 2 rings (SSSR count). The van der Waals surface area contributed by atoms with Crippen molar-refractivity contribution in [2.24, 2.45) is 0 Å². The van der Waals surface area contributed by atoms with Crippen LogP contribution in [0.2, 0.25) is 0 Å². The summed E-state index contributed by atoms with van der Waals surface area (Å²) < 4.78 is 0. The van der Waals surface area contributed by atoms with Crippen LogP contribution in [0.25, 0.3) is 0 Å². The Balaban J connectivity index is 0.000000247. The van der Waals surface area contributed by atoms with Crippen LogP contribution in [0.1, 0.15) is 11.1 Å². The molecular formula is C14H14Br2Ti-2. The van der Waals surface area contributed by atoms with E-state index in [2.05, 4.69) is 38.5 Å². The van der Waals surface area contributed by atoms with E-state index >= 15 is 0 Å². The van der Waals surface area contributed by atoms with E-state index in [1.165, 1.54) is 11.1 Å². The molecule has 17 heavy (non-hydrogen) atoms. The van der Waals surface area contributed by atoms with E-state index < -0.39 is 0 Å². The summed E-state index contributed by atoms with van der Waals surface area (Å²) in [6.07, 6.45) is 0. The summed E-state index contributed by atoms with van der Waals surface area (Å²) in [5.41, 5.74) is 2.39. The van der Waals surface area contributed by atoms with Crippen LogP contribution in [0.4, 0.5) is 0 Å². The maximum atomic E-state index is 3.19. The molecule has 0 saturated carbocycles. The molecule has 90 valence electrons. The van der Waals surface area contributed by atoms with Gasteiger partial charge in [0.05, 0.1) is 0 Å². The Morgan fingerprint density at radius 1 is 0.824 bits per heavy atom. The molecule has 2 aromatic carbocycles. The topological polar surface area (TPSA) is 0 Å². The van der Waals surface area contributed by atoms with Gasteiger partial charge >= 0.3 is 41.3 Å². The number of hydrogen-bond donors (Lipinski definition) is 0. The minimum atomic E-state index is 0.125. The van der Waals surface area contributed by atoms with Gasteiger partial charge in [-0.2, -0.15) is 71.8 Å². The van der Waals surface area contributed by atoms with Crippen molar-refractivity contribution >= 4 is 26.3 Å². The summed E-state index contributed by atoms with van der Waals surface area (Å²) in [5.74, 6) is 0. The van der Waals surface area contributed by atoms with E-state index in [4.69, 9.17) is 0 Å². The Morgan fingerprint density at radius 3 is 1.29 bits per heavy atom. The third-order valence-corrected chi connectivity index (χ3v) is 1.73. The van der Waals surface area contributed by atoms with Gasteiger partial charge < -0.3 is 0 Å². The average Bonchev–Trinajstić information content (AvgIpc) is 2.33. The maximum absolute atomic E-state index is 3.19. The molecule has 0 aliphatic carbocycles. The molecule has 3 heteroatoms. The minimum absolute atomic E-state index is 0.125. The number of halogens is 2. The summed E-state index contributed by atoms with van der Waals surface area (Å²) in [6.45, 7) is 4.06. The number of hydrogen-bond acceptors (Lipinski definition) is 0. The first-order chi connectivity index (χ1) is 8.20. The zero-order valence-electron chi connectivity index (χ0n) is 9.87. The van der Waals surface area contributed by atoms with Crippen LogP contribution >= 0.6 is 26.3 Å². The standard InChI is InChI=1S/2C7H7.2BrH.Ti/c2*1-7-5-3-2-4-6-7;;;/h2*2-5H,1H3;2*1H;/q2*-1;;;+2/p-2. The Labute approximate surface area is 126 Å². The monoisotopic (exact) mass is 388 g/mol. The third kappa shape index (κ3) is 12.4. The molecule has 0 aliphatic heterocycles. The molecule has 0 aromatic heterocycles.